The van der Waals surface area contributed by atoms with Gasteiger partial charge in [-0.05, 0) is 110 Å². The lowest BCUT2D eigenvalue weighted by atomic mass is 9.83. The first kappa shape index (κ1) is 25.7. The molecule has 206 valence electrons. The molecule has 1 aliphatic rings. The Morgan fingerprint density at radius 3 is 1.86 bits per heavy atom. The third-order valence-electron chi connectivity index (χ3n) is 9.34. The standard InChI is InChI=1S/C43H34/c1-27-8-11-35-26-41(38-21-10-29(3)24-43(38)39(35)22-27)33-18-14-31(15-19-33)30-12-16-32(17-13-30)40-25-34-6-4-5-7-36(34)42-23-28(2)9-20-37(40)42/h4-18,20-26,33H,19H2,1-3H3. The number of hydrogen-bond donors (Lipinski definition) is 0. The molecule has 43 heavy (non-hydrogen) atoms. The summed E-state index contributed by atoms with van der Waals surface area (Å²) in [5.41, 5.74) is 10.5. The van der Waals surface area contributed by atoms with Crippen LogP contribution in [0.15, 0.2) is 133 Å². The number of fused-ring (bicyclic) bond motifs is 6. The Kier molecular flexibility index (Phi) is 6.05. The summed E-state index contributed by atoms with van der Waals surface area (Å²) < 4.78 is 0. The van der Waals surface area contributed by atoms with Gasteiger partial charge >= 0.3 is 0 Å². The van der Waals surface area contributed by atoms with E-state index in [1.807, 2.05) is 0 Å². The maximum absolute atomic E-state index is 2.42. The van der Waals surface area contributed by atoms with Crippen LogP contribution in [0.2, 0.25) is 0 Å². The van der Waals surface area contributed by atoms with E-state index in [0.29, 0.717) is 5.92 Å². The summed E-state index contributed by atoms with van der Waals surface area (Å²) in [6.07, 6.45) is 8.17. The van der Waals surface area contributed by atoms with Crippen LogP contribution in [0.5, 0.6) is 0 Å². The van der Waals surface area contributed by atoms with Crippen LogP contribution in [-0.2, 0) is 0 Å². The number of rotatable bonds is 3. The van der Waals surface area contributed by atoms with E-state index in [0.717, 1.165) is 6.42 Å². The summed E-state index contributed by atoms with van der Waals surface area (Å²) in [5, 5.41) is 10.7. The number of benzene rings is 7. The van der Waals surface area contributed by atoms with Crippen molar-refractivity contribution >= 4 is 48.7 Å². The van der Waals surface area contributed by atoms with Gasteiger partial charge in [0, 0.05) is 5.92 Å². The zero-order valence-electron chi connectivity index (χ0n) is 25.0. The zero-order chi connectivity index (χ0) is 29.1. The summed E-state index contributed by atoms with van der Waals surface area (Å²) in [5.74, 6) is 0.367. The molecule has 7 aromatic rings. The van der Waals surface area contributed by atoms with Crippen molar-refractivity contribution in [1.29, 1.82) is 0 Å². The molecule has 0 heterocycles. The molecule has 0 aliphatic heterocycles. The van der Waals surface area contributed by atoms with Crippen molar-refractivity contribution in [2.75, 3.05) is 0 Å². The molecule has 0 saturated carbocycles. The molecule has 0 spiro atoms. The average molecular weight is 551 g/mol. The van der Waals surface area contributed by atoms with E-state index >= 15 is 0 Å². The Balaban J connectivity index is 1.13. The normalized spacial score (nSPS) is 15.0. The van der Waals surface area contributed by atoms with Crippen LogP contribution in [0.1, 0.15) is 40.2 Å². The fourth-order valence-corrected chi connectivity index (χ4v) is 7.08. The number of aryl methyl sites for hydroxylation is 3. The van der Waals surface area contributed by atoms with Gasteiger partial charge in [0.2, 0.25) is 0 Å². The first-order chi connectivity index (χ1) is 21.0. The second-order valence-electron chi connectivity index (χ2n) is 12.4. The second kappa shape index (κ2) is 10.1. The highest BCUT2D eigenvalue weighted by molar-refractivity contribution is 6.14. The molecule has 1 atom stereocenters. The van der Waals surface area contributed by atoms with Gasteiger partial charge in [0.05, 0.1) is 0 Å². The van der Waals surface area contributed by atoms with Crippen molar-refractivity contribution in [3.63, 3.8) is 0 Å². The first-order valence-electron chi connectivity index (χ1n) is 15.4. The predicted octanol–water partition coefficient (Wildman–Crippen LogP) is 12.0. The van der Waals surface area contributed by atoms with Crippen LogP contribution < -0.4 is 0 Å². The molecule has 0 saturated heterocycles. The summed E-state index contributed by atoms with van der Waals surface area (Å²) in [7, 11) is 0. The lowest BCUT2D eigenvalue weighted by Gasteiger charge is -2.21. The maximum atomic E-state index is 2.42. The molecule has 0 nitrogen and oxygen atoms in total. The minimum Gasteiger partial charge on any atom is -0.0761 e. The molecule has 1 aliphatic carbocycles. The van der Waals surface area contributed by atoms with Gasteiger partial charge in [-0.3, -0.25) is 0 Å². The van der Waals surface area contributed by atoms with Gasteiger partial charge in [0.1, 0.15) is 0 Å². The lowest BCUT2D eigenvalue weighted by Crippen LogP contribution is -2.00. The van der Waals surface area contributed by atoms with Gasteiger partial charge in [-0.1, -0.05) is 138 Å². The van der Waals surface area contributed by atoms with Crippen LogP contribution in [0, 0.1) is 20.8 Å². The Bertz CT molecular complexity index is 2280. The summed E-state index contributed by atoms with van der Waals surface area (Å²) in [6, 6.07) is 43.3. The van der Waals surface area contributed by atoms with Crippen LogP contribution in [-0.4, -0.2) is 0 Å². The number of allylic oxidation sites excluding steroid dienone is 4. The zero-order valence-corrected chi connectivity index (χ0v) is 25.0. The van der Waals surface area contributed by atoms with Crippen LogP contribution in [0.3, 0.4) is 0 Å². The van der Waals surface area contributed by atoms with Crippen LogP contribution in [0.4, 0.5) is 0 Å². The molecule has 0 fully saturated rings. The van der Waals surface area contributed by atoms with E-state index in [9.17, 15) is 0 Å². The van der Waals surface area contributed by atoms with Gasteiger partial charge in [0.15, 0.2) is 0 Å². The second-order valence-corrected chi connectivity index (χ2v) is 12.4. The Morgan fingerprint density at radius 2 is 1.12 bits per heavy atom. The molecule has 0 heteroatoms. The highest BCUT2D eigenvalue weighted by Crippen LogP contribution is 2.40. The Hall–Kier alpha value is -4.94. The lowest BCUT2D eigenvalue weighted by molar-refractivity contribution is 0.866. The number of hydrogen-bond acceptors (Lipinski definition) is 0. The van der Waals surface area contributed by atoms with Gasteiger partial charge in [-0.15, -0.1) is 0 Å². The van der Waals surface area contributed by atoms with Gasteiger partial charge in [-0.25, -0.2) is 0 Å². The maximum Gasteiger partial charge on any atom is 0.00625 e. The molecular weight excluding hydrogens is 516 g/mol. The predicted molar refractivity (Wildman–Crippen MR) is 187 cm³/mol. The molecule has 1 unspecified atom stereocenters. The smallest absolute Gasteiger partial charge is 0.00625 e. The minimum absolute atomic E-state index is 0.367. The van der Waals surface area contributed by atoms with E-state index in [4.69, 9.17) is 0 Å². The van der Waals surface area contributed by atoms with Crippen molar-refractivity contribution in [2.45, 2.75) is 33.1 Å². The molecule has 0 amide bonds. The van der Waals surface area contributed by atoms with E-state index in [2.05, 4.69) is 154 Å². The molecule has 0 aromatic heterocycles. The summed E-state index contributed by atoms with van der Waals surface area (Å²) in [4.78, 5) is 0. The van der Waals surface area contributed by atoms with Crippen molar-refractivity contribution in [3.8, 4) is 11.1 Å². The first-order valence-corrected chi connectivity index (χ1v) is 15.4. The fourth-order valence-electron chi connectivity index (χ4n) is 7.08. The quantitative estimate of drug-likeness (QED) is 0.192. The van der Waals surface area contributed by atoms with E-state index in [1.54, 1.807) is 0 Å². The van der Waals surface area contributed by atoms with E-state index < -0.39 is 0 Å². The largest absolute Gasteiger partial charge is 0.0761 e. The highest BCUT2D eigenvalue weighted by atomic mass is 14.2. The van der Waals surface area contributed by atoms with Gasteiger partial charge in [-0.2, -0.15) is 0 Å². The third-order valence-corrected chi connectivity index (χ3v) is 9.34. The summed E-state index contributed by atoms with van der Waals surface area (Å²) in [6.45, 7) is 6.55. The van der Waals surface area contributed by atoms with Gasteiger partial charge < -0.3 is 0 Å². The fraction of sp³-hybridized carbons (Fsp3) is 0.116. The molecule has 0 N–H and O–H groups in total. The van der Waals surface area contributed by atoms with Crippen LogP contribution in [0.25, 0.3) is 59.8 Å². The van der Waals surface area contributed by atoms with Crippen molar-refractivity contribution < 1.29 is 0 Å². The van der Waals surface area contributed by atoms with Crippen LogP contribution >= 0.6 is 0 Å². The van der Waals surface area contributed by atoms with Crippen molar-refractivity contribution in [1.82, 2.24) is 0 Å². The average Bonchev–Trinajstić information content (AvgIpc) is 3.04. The van der Waals surface area contributed by atoms with Crippen molar-refractivity contribution in [3.05, 3.63) is 161 Å². The van der Waals surface area contributed by atoms with Gasteiger partial charge in [0.25, 0.3) is 0 Å². The van der Waals surface area contributed by atoms with E-state index in [1.165, 1.54) is 87.6 Å². The highest BCUT2D eigenvalue weighted by Gasteiger charge is 2.17. The SMILES string of the molecule is Cc1ccc2cc(C3C=CC(c4ccc(-c5cc6ccccc6c6cc(C)ccc56)cc4)=CC3)c3ccc(C)cc3c2c1. The molecule has 0 bridgehead atoms. The third kappa shape index (κ3) is 4.46. The minimum atomic E-state index is 0.367. The topological polar surface area (TPSA) is 0 Å². The molecule has 7 aromatic carbocycles. The van der Waals surface area contributed by atoms with Crippen molar-refractivity contribution in [2.24, 2.45) is 0 Å². The molecule has 0 radical (unpaired) electrons. The Morgan fingerprint density at radius 1 is 0.488 bits per heavy atom. The van der Waals surface area contributed by atoms with E-state index in [-0.39, 0.29) is 0 Å². The Labute approximate surface area is 253 Å². The molecular formula is C43H34. The summed E-state index contributed by atoms with van der Waals surface area (Å²) >= 11 is 0. The molecule has 8 rings (SSSR count). The monoisotopic (exact) mass is 550 g/mol.